The SMILES string of the molecule is CC(=O)O[C@@H]1/C=C(\C)[C@@H](OC(=O)[C@H](O)[C@@H](NC(=O)c2ccccc2)c2ccccc2)C[C@](O)(C(C)C)[C@@H](OC(=O)c2ccccc2)C2[C@]3(OC(C)=O)COC3C[C@@H]3O[C@]23C1=O. The van der Waals surface area contributed by atoms with Crippen molar-refractivity contribution in [3.05, 3.63) is 119 Å². The number of hydrogen-bond acceptors (Lipinski definition) is 14. The minimum absolute atomic E-state index is 0.0893. The Labute approximate surface area is 352 Å². The lowest BCUT2D eigenvalue weighted by Crippen LogP contribution is -2.77. The van der Waals surface area contributed by atoms with Crippen molar-refractivity contribution in [2.75, 3.05) is 6.61 Å². The summed E-state index contributed by atoms with van der Waals surface area (Å²) >= 11 is 0. The quantitative estimate of drug-likeness (QED) is 0.109. The third kappa shape index (κ3) is 8.10. The first-order valence-corrected chi connectivity index (χ1v) is 20.2. The van der Waals surface area contributed by atoms with Crippen LogP contribution in [0.4, 0.5) is 0 Å². The number of aliphatic hydroxyl groups excluding tert-OH is 1. The zero-order valence-corrected chi connectivity index (χ0v) is 34.3. The van der Waals surface area contributed by atoms with Crippen molar-refractivity contribution < 1.29 is 67.4 Å². The number of amides is 1. The molecule has 322 valence electrons. The van der Waals surface area contributed by atoms with E-state index in [1.165, 1.54) is 32.1 Å². The first-order chi connectivity index (χ1) is 29.0. The Balaban J connectivity index is 1.35. The van der Waals surface area contributed by atoms with Crippen LogP contribution in [-0.2, 0) is 47.6 Å². The summed E-state index contributed by atoms with van der Waals surface area (Å²) < 4.78 is 36.3. The summed E-state index contributed by atoms with van der Waals surface area (Å²) in [5.41, 5.74) is -4.96. The highest BCUT2D eigenvalue weighted by Crippen LogP contribution is 2.64. The monoisotopic (exact) mass is 839 g/mol. The van der Waals surface area contributed by atoms with Gasteiger partial charge in [0.15, 0.2) is 23.4 Å². The molecule has 1 amide bonds. The van der Waals surface area contributed by atoms with E-state index in [1.807, 2.05) is 0 Å². The molecule has 2 unspecified atom stereocenters. The number of ether oxygens (including phenoxy) is 6. The highest BCUT2D eigenvalue weighted by atomic mass is 16.7. The van der Waals surface area contributed by atoms with E-state index >= 15 is 4.79 Å². The van der Waals surface area contributed by atoms with E-state index in [-0.39, 0.29) is 29.7 Å². The van der Waals surface area contributed by atoms with Crippen LogP contribution < -0.4 is 5.32 Å². The van der Waals surface area contributed by atoms with Gasteiger partial charge < -0.3 is 44.0 Å². The van der Waals surface area contributed by atoms with Gasteiger partial charge in [-0.2, -0.15) is 0 Å². The fourth-order valence-electron chi connectivity index (χ4n) is 9.02. The van der Waals surface area contributed by atoms with Gasteiger partial charge in [0.2, 0.25) is 5.78 Å². The fourth-order valence-corrected chi connectivity index (χ4v) is 9.02. The first kappa shape index (κ1) is 43.4. The number of esters is 4. The van der Waals surface area contributed by atoms with Gasteiger partial charge in [0.1, 0.15) is 23.9 Å². The number of carbonyl (C=O) groups is 6. The van der Waals surface area contributed by atoms with E-state index < -0.39 is 113 Å². The molecular formula is C46H49NO14. The molecule has 0 radical (unpaired) electrons. The summed E-state index contributed by atoms with van der Waals surface area (Å²) in [5, 5.41) is 27.8. The zero-order valence-electron chi connectivity index (χ0n) is 34.3. The van der Waals surface area contributed by atoms with E-state index in [2.05, 4.69) is 5.32 Å². The average Bonchev–Trinajstić information content (AvgIpc) is 3.97. The van der Waals surface area contributed by atoms with Crippen molar-refractivity contribution in [1.29, 1.82) is 0 Å². The minimum Gasteiger partial charge on any atom is -0.456 e. The maximum Gasteiger partial charge on any atom is 0.338 e. The van der Waals surface area contributed by atoms with Crippen molar-refractivity contribution in [1.82, 2.24) is 5.32 Å². The van der Waals surface area contributed by atoms with Gasteiger partial charge in [-0.15, -0.1) is 0 Å². The molecule has 0 aromatic heterocycles. The lowest BCUT2D eigenvalue weighted by Gasteiger charge is -2.59. The maximum absolute atomic E-state index is 15.1. The van der Waals surface area contributed by atoms with Crippen LogP contribution >= 0.6 is 0 Å². The van der Waals surface area contributed by atoms with Crippen LogP contribution in [0.2, 0.25) is 0 Å². The van der Waals surface area contributed by atoms with Crippen LogP contribution in [0, 0.1) is 11.8 Å². The molecule has 1 spiro atoms. The first-order valence-electron chi connectivity index (χ1n) is 20.2. The van der Waals surface area contributed by atoms with E-state index in [9.17, 15) is 34.2 Å². The molecule has 2 saturated heterocycles. The van der Waals surface area contributed by atoms with Gasteiger partial charge in [0.25, 0.3) is 5.91 Å². The predicted molar refractivity (Wildman–Crippen MR) is 213 cm³/mol. The van der Waals surface area contributed by atoms with Gasteiger partial charge in [-0.25, -0.2) is 9.59 Å². The molecular weight excluding hydrogens is 790 g/mol. The molecule has 2 heterocycles. The van der Waals surface area contributed by atoms with Crippen molar-refractivity contribution in [2.24, 2.45) is 11.8 Å². The summed E-state index contributed by atoms with van der Waals surface area (Å²) in [5.74, 6) is -7.36. The number of benzene rings is 3. The average molecular weight is 840 g/mol. The summed E-state index contributed by atoms with van der Waals surface area (Å²) in [4.78, 5) is 82.5. The highest BCUT2D eigenvalue weighted by Gasteiger charge is 2.84. The van der Waals surface area contributed by atoms with Crippen LogP contribution in [-0.4, -0.2) is 106 Å². The van der Waals surface area contributed by atoms with Crippen molar-refractivity contribution in [2.45, 2.75) is 107 Å². The number of nitrogens with one attached hydrogen (secondary N) is 1. The second-order valence-corrected chi connectivity index (χ2v) is 16.4. The van der Waals surface area contributed by atoms with Crippen molar-refractivity contribution >= 4 is 35.6 Å². The molecule has 61 heavy (non-hydrogen) atoms. The van der Waals surface area contributed by atoms with E-state index in [0.29, 0.717) is 5.56 Å². The molecule has 3 fully saturated rings. The second-order valence-electron chi connectivity index (χ2n) is 16.4. The summed E-state index contributed by atoms with van der Waals surface area (Å²) in [6.07, 6.45) is -7.81. The molecule has 3 aromatic rings. The lowest BCUT2D eigenvalue weighted by molar-refractivity contribution is -0.310. The Morgan fingerprint density at radius 3 is 1.98 bits per heavy atom. The lowest BCUT2D eigenvalue weighted by atomic mass is 9.56. The molecule has 2 aliphatic carbocycles. The Morgan fingerprint density at radius 1 is 0.820 bits per heavy atom. The Kier molecular flexibility index (Phi) is 12.1. The summed E-state index contributed by atoms with van der Waals surface area (Å²) in [6, 6.07) is 23.1. The van der Waals surface area contributed by atoms with Gasteiger partial charge in [-0.1, -0.05) is 80.6 Å². The van der Waals surface area contributed by atoms with Crippen LogP contribution in [0.3, 0.4) is 0 Å². The number of epoxide rings is 1. The number of fused-ring (bicyclic) bond motifs is 2. The Hall–Kier alpha value is -5.74. The number of ketones is 1. The molecule has 3 aromatic carbocycles. The van der Waals surface area contributed by atoms with Gasteiger partial charge >= 0.3 is 23.9 Å². The standard InChI is InChI=1S/C46H49NO14/c1-25(2)44(55)23-33(58-43(54)37(50)36(29-15-9-6-10-16-29)47-41(52)30-17-11-7-12-18-30)26(3)21-32(57-27(4)48)39(51)46-35(61-46)22-34-45(24-56-34,60-28(5)49)38(46)40(44)59-42(53)31-19-13-8-14-20-31/h6-21,25,32-38,40,50,55H,22-24H2,1-5H3,(H,47,52)/b26-21+/t32-,33+,34?,35+,36+,37-,38?,40+,44+,45+,46+/m1/s1. The van der Waals surface area contributed by atoms with Crippen LogP contribution in [0.15, 0.2) is 103 Å². The van der Waals surface area contributed by atoms with E-state index in [0.717, 1.165) is 6.92 Å². The summed E-state index contributed by atoms with van der Waals surface area (Å²) in [7, 11) is 0. The minimum atomic E-state index is -2.22. The summed E-state index contributed by atoms with van der Waals surface area (Å²) in [6.45, 7) is 6.81. The number of carbonyl (C=O) groups excluding carboxylic acids is 6. The van der Waals surface area contributed by atoms with Crippen molar-refractivity contribution in [3.63, 3.8) is 0 Å². The molecule has 1 saturated carbocycles. The molecule has 4 aliphatic rings. The fraction of sp³-hybridized carbons (Fsp3) is 0.435. The third-order valence-electron chi connectivity index (χ3n) is 12.3. The zero-order chi connectivity index (χ0) is 43.9. The maximum atomic E-state index is 15.1. The smallest absolute Gasteiger partial charge is 0.338 e. The molecule has 3 N–H and O–H groups in total. The second kappa shape index (κ2) is 17.0. The normalized spacial score (nSPS) is 32.1. The topological polar surface area (TPSA) is 214 Å². The van der Waals surface area contributed by atoms with E-state index in [4.69, 9.17) is 28.4 Å². The number of rotatable bonds is 11. The number of hydrogen-bond donors (Lipinski definition) is 3. The molecule has 15 heteroatoms. The van der Waals surface area contributed by atoms with Crippen molar-refractivity contribution in [3.8, 4) is 0 Å². The third-order valence-corrected chi connectivity index (χ3v) is 12.3. The Morgan fingerprint density at radius 2 is 1.43 bits per heavy atom. The van der Waals surface area contributed by atoms with Crippen LogP contribution in [0.5, 0.6) is 0 Å². The highest BCUT2D eigenvalue weighted by molar-refractivity contribution is 5.98. The molecule has 15 nitrogen and oxygen atoms in total. The van der Waals surface area contributed by atoms with Gasteiger partial charge in [-0.3, -0.25) is 19.2 Å². The van der Waals surface area contributed by atoms with Crippen LogP contribution in [0.1, 0.15) is 79.8 Å². The largest absolute Gasteiger partial charge is 0.456 e. The molecule has 7 rings (SSSR count). The van der Waals surface area contributed by atoms with Crippen LogP contribution in [0.25, 0.3) is 0 Å². The van der Waals surface area contributed by atoms with Gasteiger partial charge in [-0.05, 0) is 54.3 Å². The van der Waals surface area contributed by atoms with Gasteiger partial charge in [0, 0.05) is 32.3 Å². The number of aliphatic hydroxyl groups is 2. The molecule has 0 bridgehead atoms. The van der Waals surface area contributed by atoms with Gasteiger partial charge in [0.05, 0.1) is 30.2 Å². The molecule has 2 aliphatic heterocycles. The molecule has 11 atom stereocenters. The Bertz CT molecular complexity index is 2200. The predicted octanol–water partition coefficient (Wildman–Crippen LogP) is 3.75. The van der Waals surface area contributed by atoms with E-state index in [1.54, 1.807) is 92.7 Å². The number of Topliss-reactive ketones (excluding diaryl/α,β-unsaturated/α-hetero) is 1.